The highest BCUT2D eigenvalue weighted by Crippen LogP contribution is 2.22. The third-order valence-electron chi connectivity index (χ3n) is 2.71. The molecule has 0 unspecified atom stereocenters. The van der Waals surface area contributed by atoms with Gasteiger partial charge in [0.1, 0.15) is 0 Å². The van der Waals surface area contributed by atoms with Crippen molar-refractivity contribution in [2.24, 2.45) is 0 Å². The zero-order chi connectivity index (χ0) is 16.2. The van der Waals surface area contributed by atoms with Crippen LogP contribution in [0.3, 0.4) is 0 Å². The molecule has 0 aliphatic carbocycles. The topological polar surface area (TPSA) is 83.4 Å². The zero-order valence-corrected chi connectivity index (χ0v) is 14.0. The van der Waals surface area contributed by atoms with E-state index in [1.807, 2.05) is 20.8 Å². The highest BCUT2D eigenvalue weighted by molar-refractivity contribution is 7.98. The van der Waals surface area contributed by atoms with Gasteiger partial charge in [-0.15, -0.1) is 0 Å². The van der Waals surface area contributed by atoms with Crippen molar-refractivity contribution in [2.75, 3.05) is 12.8 Å². The first-order valence-corrected chi connectivity index (χ1v) is 7.87. The van der Waals surface area contributed by atoms with Crippen molar-refractivity contribution < 1.29 is 14.7 Å². The molecule has 1 aromatic rings. The number of carboxylic acid groups (broad SMARTS) is 1. The van der Waals surface area contributed by atoms with E-state index >= 15 is 0 Å². The SMILES string of the molecule is CSc1ncc(Cl)c(C(=O)N(CCC(=O)O)C(C)(C)C)n1. The number of thioether (sulfide) groups is 1. The van der Waals surface area contributed by atoms with Crippen LogP contribution in [0.5, 0.6) is 0 Å². The van der Waals surface area contributed by atoms with Gasteiger partial charge in [0, 0.05) is 12.1 Å². The quantitative estimate of drug-likeness (QED) is 0.659. The lowest BCUT2D eigenvalue weighted by Crippen LogP contribution is -2.47. The Labute approximate surface area is 132 Å². The van der Waals surface area contributed by atoms with Gasteiger partial charge in [-0.25, -0.2) is 9.97 Å². The Kier molecular flexibility index (Phi) is 5.98. The van der Waals surface area contributed by atoms with Gasteiger partial charge in [-0.1, -0.05) is 23.4 Å². The van der Waals surface area contributed by atoms with E-state index in [2.05, 4.69) is 9.97 Å². The van der Waals surface area contributed by atoms with Crippen LogP contribution in [0.1, 0.15) is 37.7 Å². The molecule has 0 saturated carbocycles. The molecule has 1 amide bonds. The van der Waals surface area contributed by atoms with E-state index < -0.39 is 17.4 Å². The standard InChI is InChI=1S/C13H18ClN3O3S/c1-13(2,3)17(6-5-9(18)19)11(20)10-8(14)7-15-12(16-10)21-4/h7H,5-6H2,1-4H3,(H,18,19). The monoisotopic (exact) mass is 331 g/mol. The summed E-state index contributed by atoms with van der Waals surface area (Å²) >= 11 is 7.31. The first-order chi connectivity index (χ1) is 9.66. The summed E-state index contributed by atoms with van der Waals surface area (Å²) in [6.45, 7) is 5.58. The summed E-state index contributed by atoms with van der Waals surface area (Å²) in [5.41, 5.74) is -0.448. The molecule has 1 rings (SSSR count). The Hall–Kier alpha value is -1.34. The molecule has 0 spiro atoms. The minimum absolute atomic E-state index is 0.0899. The lowest BCUT2D eigenvalue weighted by molar-refractivity contribution is -0.137. The maximum absolute atomic E-state index is 12.6. The van der Waals surface area contributed by atoms with E-state index in [-0.39, 0.29) is 23.7 Å². The number of aliphatic carboxylic acids is 1. The fourth-order valence-electron chi connectivity index (χ4n) is 1.68. The molecule has 1 heterocycles. The molecule has 1 N–H and O–H groups in total. The summed E-state index contributed by atoms with van der Waals surface area (Å²) in [6, 6.07) is 0. The van der Waals surface area contributed by atoms with Crippen molar-refractivity contribution in [2.45, 2.75) is 37.9 Å². The molecule has 0 fully saturated rings. The van der Waals surface area contributed by atoms with E-state index in [1.165, 1.54) is 22.9 Å². The molecule has 0 saturated heterocycles. The molecule has 0 radical (unpaired) electrons. The van der Waals surface area contributed by atoms with Crippen LogP contribution in [-0.2, 0) is 4.79 Å². The summed E-state index contributed by atoms with van der Waals surface area (Å²) in [5.74, 6) is -1.36. The van der Waals surface area contributed by atoms with Gasteiger partial charge < -0.3 is 10.0 Å². The summed E-state index contributed by atoms with van der Waals surface area (Å²) < 4.78 is 0. The van der Waals surface area contributed by atoms with Crippen LogP contribution < -0.4 is 0 Å². The van der Waals surface area contributed by atoms with Crippen molar-refractivity contribution in [1.29, 1.82) is 0 Å². The molecule has 8 heteroatoms. The lowest BCUT2D eigenvalue weighted by Gasteiger charge is -2.35. The maximum atomic E-state index is 12.6. The summed E-state index contributed by atoms with van der Waals surface area (Å²) in [7, 11) is 0. The van der Waals surface area contributed by atoms with Crippen LogP contribution in [0.2, 0.25) is 5.02 Å². The number of nitrogens with zero attached hydrogens (tertiary/aromatic N) is 3. The van der Waals surface area contributed by atoms with E-state index in [9.17, 15) is 9.59 Å². The van der Waals surface area contributed by atoms with E-state index in [1.54, 1.807) is 6.26 Å². The number of carbonyl (C=O) groups is 2. The molecule has 1 aromatic heterocycles. The average Bonchev–Trinajstić information content (AvgIpc) is 2.37. The molecule has 116 valence electrons. The zero-order valence-electron chi connectivity index (χ0n) is 12.4. The van der Waals surface area contributed by atoms with E-state index in [4.69, 9.17) is 16.7 Å². The number of rotatable bonds is 5. The molecular weight excluding hydrogens is 314 g/mol. The second-order valence-electron chi connectivity index (χ2n) is 5.32. The van der Waals surface area contributed by atoms with Crippen LogP contribution in [0.25, 0.3) is 0 Å². The van der Waals surface area contributed by atoms with Crippen molar-refractivity contribution >= 4 is 35.2 Å². The van der Waals surface area contributed by atoms with Crippen molar-refractivity contribution in [3.8, 4) is 0 Å². The van der Waals surface area contributed by atoms with E-state index in [0.717, 1.165) is 0 Å². The van der Waals surface area contributed by atoms with Crippen LogP contribution in [0.15, 0.2) is 11.4 Å². The molecular formula is C13H18ClN3O3S. The third kappa shape index (κ3) is 4.86. The Morgan fingerprint density at radius 3 is 2.52 bits per heavy atom. The molecule has 0 aliphatic heterocycles. The minimum atomic E-state index is -0.962. The minimum Gasteiger partial charge on any atom is -0.481 e. The first kappa shape index (κ1) is 17.7. The Morgan fingerprint density at radius 1 is 1.43 bits per heavy atom. The van der Waals surface area contributed by atoms with Crippen molar-refractivity contribution in [3.63, 3.8) is 0 Å². The number of hydrogen-bond acceptors (Lipinski definition) is 5. The normalized spacial score (nSPS) is 11.3. The van der Waals surface area contributed by atoms with Gasteiger partial charge in [-0.05, 0) is 27.0 Å². The Morgan fingerprint density at radius 2 is 2.05 bits per heavy atom. The summed E-state index contributed by atoms with van der Waals surface area (Å²) in [6.07, 6.45) is 3.04. The molecule has 0 atom stereocenters. The number of amides is 1. The molecule has 0 aromatic carbocycles. The first-order valence-electron chi connectivity index (χ1n) is 6.27. The largest absolute Gasteiger partial charge is 0.481 e. The van der Waals surface area contributed by atoms with Gasteiger partial charge in [-0.2, -0.15) is 0 Å². The lowest BCUT2D eigenvalue weighted by atomic mass is 10.0. The van der Waals surface area contributed by atoms with Gasteiger partial charge in [-0.3, -0.25) is 9.59 Å². The third-order valence-corrected chi connectivity index (χ3v) is 3.55. The highest BCUT2D eigenvalue weighted by Gasteiger charge is 2.30. The molecule has 21 heavy (non-hydrogen) atoms. The summed E-state index contributed by atoms with van der Waals surface area (Å²) in [4.78, 5) is 33.0. The number of carboxylic acids is 1. The highest BCUT2D eigenvalue weighted by atomic mass is 35.5. The number of carbonyl (C=O) groups excluding carboxylic acids is 1. The van der Waals surface area contributed by atoms with Gasteiger partial charge in [0.15, 0.2) is 10.9 Å². The van der Waals surface area contributed by atoms with Crippen LogP contribution in [0.4, 0.5) is 0 Å². The fourth-order valence-corrected chi connectivity index (χ4v) is 2.19. The number of halogens is 1. The van der Waals surface area contributed by atoms with Crippen LogP contribution >= 0.6 is 23.4 Å². The summed E-state index contributed by atoms with van der Waals surface area (Å²) in [5, 5.41) is 9.42. The average molecular weight is 332 g/mol. The van der Waals surface area contributed by atoms with E-state index in [0.29, 0.717) is 5.16 Å². The smallest absolute Gasteiger partial charge is 0.305 e. The van der Waals surface area contributed by atoms with Crippen molar-refractivity contribution in [3.05, 3.63) is 16.9 Å². The van der Waals surface area contributed by atoms with Gasteiger partial charge in [0.2, 0.25) is 0 Å². The van der Waals surface area contributed by atoms with Crippen LogP contribution in [-0.4, -0.2) is 50.2 Å². The fraction of sp³-hybridized carbons (Fsp3) is 0.538. The molecule has 0 aliphatic rings. The van der Waals surface area contributed by atoms with Gasteiger partial charge in [0.05, 0.1) is 17.6 Å². The molecule has 0 bridgehead atoms. The Bertz CT molecular complexity index is 546. The van der Waals surface area contributed by atoms with Gasteiger partial charge >= 0.3 is 5.97 Å². The molecule has 6 nitrogen and oxygen atoms in total. The predicted octanol–water partition coefficient (Wildman–Crippen LogP) is 2.57. The number of hydrogen-bond donors (Lipinski definition) is 1. The Balaban J connectivity index is 3.13. The van der Waals surface area contributed by atoms with Crippen LogP contribution in [0, 0.1) is 0 Å². The second-order valence-corrected chi connectivity index (χ2v) is 6.51. The van der Waals surface area contributed by atoms with Gasteiger partial charge in [0.25, 0.3) is 5.91 Å². The predicted molar refractivity (Wildman–Crippen MR) is 81.9 cm³/mol. The second kappa shape index (κ2) is 7.09. The number of aromatic nitrogens is 2. The maximum Gasteiger partial charge on any atom is 0.305 e. The van der Waals surface area contributed by atoms with Crippen molar-refractivity contribution in [1.82, 2.24) is 14.9 Å².